The van der Waals surface area contributed by atoms with Crippen LogP contribution in [0.2, 0.25) is 5.02 Å². The number of aliphatic carboxylic acids is 1. The highest BCUT2D eigenvalue weighted by Crippen LogP contribution is 2.33. The summed E-state index contributed by atoms with van der Waals surface area (Å²) in [6.45, 7) is 4.38. The van der Waals surface area contributed by atoms with E-state index in [4.69, 9.17) is 11.6 Å². The molecule has 1 aromatic carbocycles. The minimum atomic E-state index is -4.10. The zero-order chi connectivity index (χ0) is 25.4. The Morgan fingerprint density at radius 3 is 2.54 bits per heavy atom. The maximum atomic E-state index is 13.8. The molecule has 0 bridgehead atoms. The lowest BCUT2D eigenvalue weighted by atomic mass is 9.80. The van der Waals surface area contributed by atoms with Gasteiger partial charge in [-0.1, -0.05) is 23.7 Å². The third-order valence-electron chi connectivity index (χ3n) is 6.23. The van der Waals surface area contributed by atoms with Crippen molar-refractivity contribution in [2.45, 2.75) is 31.7 Å². The quantitative estimate of drug-likeness (QED) is 0.484. The highest BCUT2D eigenvalue weighted by Gasteiger charge is 2.37. The van der Waals surface area contributed by atoms with Crippen molar-refractivity contribution in [3.8, 4) is 11.3 Å². The van der Waals surface area contributed by atoms with E-state index in [1.165, 1.54) is 30.3 Å². The summed E-state index contributed by atoms with van der Waals surface area (Å²) < 4.78 is 42.4. The monoisotopic (exact) mass is 518 g/mol. The van der Waals surface area contributed by atoms with E-state index in [1.54, 1.807) is 32.0 Å². The summed E-state index contributed by atoms with van der Waals surface area (Å²) in [5, 5.41) is 9.47. The molecule has 0 spiro atoms. The predicted octanol–water partition coefficient (Wildman–Crippen LogP) is 4.74. The molecule has 3 aromatic rings. The van der Waals surface area contributed by atoms with Crippen LogP contribution in [-0.2, 0) is 14.8 Å². The number of hydrogen-bond acceptors (Lipinski definition) is 6. The van der Waals surface area contributed by atoms with E-state index in [0.717, 1.165) is 5.56 Å². The Kier molecular flexibility index (Phi) is 6.70. The third kappa shape index (κ3) is 5.23. The second-order valence-electron chi connectivity index (χ2n) is 8.78. The molecule has 0 radical (unpaired) electrons. The van der Waals surface area contributed by atoms with E-state index in [1.807, 2.05) is 4.90 Å². The highest BCUT2D eigenvalue weighted by molar-refractivity contribution is 7.92. The number of carbonyl (C=O) groups is 1. The molecule has 0 amide bonds. The second-order valence-corrected chi connectivity index (χ2v) is 10.8. The Labute approximate surface area is 207 Å². The number of piperidine rings is 1. The van der Waals surface area contributed by atoms with Gasteiger partial charge in [0.05, 0.1) is 16.1 Å². The van der Waals surface area contributed by atoms with Crippen molar-refractivity contribution >= 4 is 39.2 Å². The lowest BCUT2D eigenvalue weighted by molar-refractivity contribution is -0.149. The molecule has 11 heteroatoms. The normalized spacial score (nSPS) is 15.6. The maximum Gasteiger partial charge on any atom is 0.309 e. The van der Waals surface area contributed by atoms with Crippen LogP contribution in [0.5, 0.6) is 0 Å². The number of pyridine rings is 2. The van der Waals surface area contributed by atoms with Crippen LogP contribution in [0.4, 0.5) is 16.0 Å². The maximum absolute atomic E-state index is 13.8. The summed E-state index contributed by atoms with van der Waals surface area (Å²) in [5.41, 5.74) is 0.630. The first-order valence-electron chi connectivity index (χ1n) is 10.9. The van der Waals surface area contributed by atoms with Crippen LogP contribution in [0.1, 0.15) is 25.3 Å². The number of carboxylic acids is 1. The second kappa shape index (κ2) is 9.43. The molecule has 1 saturated heterocycles. The van der Waals surface area contributed by atoms with Gasteiger partial charge < -0.3 is 10.0 Å². The molecule has 2 aromatic heterocycles. The zero-order valence-corrected chi connectivity index (χ0v) is 20.7. The lowest BCUT2D eigenvalue weighted by Gasteiger charge is -2.37. The molecule has 184 valence electrons. The molecule has 35 heavy (non-hydrogen) atoms. The van der Waals surface area contributed by atoms with Crippen molar-refractivity contribution in [2.75, 3.05) is 22.7 Å². The number of aryl methyl sites for hydroxylation is 1. The zero-order valence-electron chi connectivity index (χ0n) is 19.1. The number of sulfonamides is 1. The Bertz CT molecular complexity index is 1390. The molecule has 1 fully saturated rings. The van der Waals surface area contributed by atoms with Gasteiger partial charge in [-0.2, -0.15) is 8.42 Å². The van der Waals surface area contributed by atoms with Crippen molar-refractivity contribution in [3.05, 3.63) is 64.9 Å². The first-order chi connectivity index (χ1) is 16.5. The van der Waals surface area contributed by atoms with Crippen LogP contribution in [0, 0.1) is 18.2 Å². The SMILES string of the molecule is Cc1ccc(F)cc1-c1nc(NS(=O)(=O)c2cccc(N3CCC(C)(C(=O)O)CC3)n2)ccc1Cl. The van der Waals surface area contributed by atoms with E-state index in [9.17, 15) is 22.7 Å². The van der Waals surface area contributed by atoms with Gasteiger partial charge in [-0.25, -0.2) is 14.4 Å². The largest absolute Gasteiger partial charge is 0.481 e. The fourth-order valence-corrected chi connectivity index (χ4v) is 5.07. The molecular weight excluding hydrogens is 495 g/mol. The number of hydrogen-bond donors (Lipinski definition) is 2. The summed E-state index contributed by atoms with van der Waals surface area (Å²) in [7, 11) is -4.10. The smallest absolute Gasteiger partial charge is 0.309 e. The standard InChI is InChI=1S/C24H24ClFN4O4S/c1-15-6-7-16(26)14-17(15)22-18(25)8-9-19(27-22)29-35(33,34)21-5-3-4-20(28-21)30-12-10-24(2,11-13-30)23(31)32/h3-9,14H,10-13H2,1-2H3,(H,27,29)(H,31,32). The minimum absolute atomic E-state index is 0.00969. The number of nitrogens with zero attached hydrogens (tertiary/aromatic N) is 3. The first-order valence-corrected chi connectivity index (χ1v) is 12.8. The van der Waals surface area contributed by atoms with E-state index < -0.39 is 27.2 Å². The van der Waals surface area contributed by atoms with Gasteiger partial charge in [-0.05, 0) is 68.7 Å². The van der Waals surface area contributed by atoms with Gasteiger partial charge in [-0.15, -0.1) is 0 Å². The Morgan fingerprint density at radius 2 is 1.86 bits per heavy atom. The number of anilines is 2. The fraction of sp³-hybridized carbons (Fsp3) is 0.292. The van der Waals surface area contributed by atoms with Gasteiger partial charge in [0.15, 0.2) is 5.03 Å². The van der Waals surface area contributed by atoms with Crippen LogP contribution in [0.15, 0.2) is 53.6 Å². The molecule has 0 aliphatic carbocycles. The van der Waals surface area contributed by atoms with Crippen LogP contribution in [-0.4, -0.2) is 42.6 Å². The number of nitrogens with one attached hydrogen (secondary N) is 1. The van der Waals surface area contributed by atoms with Crippen LogP contribution < -0.4 is 9.62 Å². The third-order valence-corrected chi connectivity index (χ3v) is 7.79. The first kappa shape index (κ1) is 24.9. The number of aromatic nitrogens is 2. The van der Waals surface area contributed by atoms with Gasteiger partial charge >= 0.3 is 5.97 Å². The topological polar surface area (TPSA) is 112 Å². The molecule has 0 unspecified atom stereocenters. The van der Waals surface area contributed by atoms with Gasteiger partial charge in [0.25, 0.3) is 10.0 Å². The molecule has 2 N–H and O–H groups in total. The molecule has 3 heterocycles. The number of rotatable bonds is 6. The molecule has 8 nitrogen and oxygen atoms in total. The molecule has 0 atom stereocenters. The van der Waals surface area contributed by atoms with Gasteiger partial charge in [0.2, 0.25) is 0 Å². The highest BCUT2D eigenvalue weighted by atomic mass is 35.5. The number of halogens is 2. The molecular formula is C24H24ClFN4O4S. The van der Waals surface area contributed by atoms with Gasteiger partial charge in [0, 0.05) is 18.7 Å². The number of carboxylic acid groups (broad SMARTS) is 1. The molecule has 0 saturated carbocycles. The summed E-state index contributed by atoms with van der Waals surface area (Å²) in [6, 6.07) is 11.7. The summed E-state index contributed by atoms with van der Waals surface area (Å²) in [4.78, 5) is 22.0. The lowest BCUT2D eigenvalue weighted by Crippen LogP contribution is -2.43. The van der Waals surface area contributed by atoms with E-state index in [-0.39, 0.29) is 21.6 Å². The van der Waals surface area contributed by atoms with Gasteiger partial charge in [-0.3, -0.25) is 9.52 Å². The molecule has 1 aliphatic heterocycles. The van der Waals surface area contributed by atoms with E-state index >= 15 is 0 Å². The van der Waals surface area contributed by atoms with E-state index in [2.05, 4.69) is 14.7 Å². The molecule has 1 aliphatic rings. The average Bonchev–Trinajstić information content (AvgIpc) is 2.82. The van der Waals surface area contributed by atoms with Crippen LogP contribution in [0.3, 0.4) is 0 Å². The van der Waals surface area contributed by atoms with Crippen LogP contribution >= 0.6 is 11.6 Å². The summed E-state index contributed by atoms with van der Waals surface area (Å²) in [5.74, 6) is -0.846. The van der Waals surface area contributed by atoms with E-state index in [0.29, 0.717) is 37.3 Å². The summed E-state index contributed by atoms with van der Waals surface area (Å²) >= 11 is 6.27. The fourth-order valence-electron chi connectivity index (χ4n) is 3.90. The Hall–Kier alpha value is -3.24. The Balaban J connectivity index is 1.58. The van der Waals surface area contributed by atoms with Crippen molar-refractivity contribution in [3.63, 3.8) is 0 Å². The number of benzene rings is 1. The minimum Gasteiger partial charge on any atom is -0.481 e. The van der Waals surface area contributed by atoms with Crippen LogP contribution in [0.25, 0.3) is 11.3 Å². The predicted molar refractivity (Wildman–Crippen MR) is 132 cm³/mol. The summed E-state index contributed by atoms with van der Waals surface area (Å²) in [6.07, 6.45) is 0.854. The van der Waals surface area contributed by atoms with Gasteiger partial charge in [0.1, 0.15) is 17.5 Å². The van der Waals surface area contributed by atoms with Crippen molar-refractivity contribution in [2.24, 2.45) is 5.41 Å². The Morgan fingerprint density at radius 1 is 1.14 bits per heavy atom. The van der Waals surface area contributed by atoms with Crippen molar-refractivity contribution < 1.29 is 22.7 Å². The molecule has 4 rings (SSSR count). The van der Waals surface area contributed by atoms with Crippen molar-refractivity contribution in [1.82, 2.24) is 9.97 Å². The average molecular weight is 519 g/mol. The van der Waals surface area contributed by atoms with Crippen molar-refractivity contribution in [1.29, 1.82) is 0 Å².